The van der Waals surface area contributed by atoms with E-state index in [2.05, 4.69) is 70.1 Å². The summed E-state index contributed by atoms with van der Waals surface area (Å²) in [4.78, 5) is 32.3. The Kier molecular flexibility index (Phi) is 6.48. The Morgan fingerprint density at radius 2 is 1.67 bits per heavy atom. The van der Waals surface area contributed by atoms with Gasteiger partial charge in [-0.2, -0.15) is 0 Å². The average Bonchev–Trinajstić information content (AvgIpc) is 2.99. The van der Waals surface area contributed by atoms with E-state index in [0.717, 1.165) is 53.2 Å². The van der Waals surface area contributed by atoms with Crippen molar-refractivity contribution in [3.8, 4) is 10.4 Å². The zero-order valence-electron chi connectivity index (χ0n) is 23.8. The molecule has 0 atom stereocenters. The third kappa shape index (κ3) is 4.52. The summed E-state index contributed by atoms with van der Waals surface area (Å²) in [6, 6.07) is 27.2. The van der Waals surface area contributed by atoms with E-state index in [9.17, 15) is 9.59 Å². The molecule has 3 aromatic rings. The predicted octanol–water partition coefficient (Wildman–Crippen LogP) is 5.03. The van der Waals surface area contributed by atoms with Crippen LogP contribution in [-0.2, 0) is 9.59 Å². The molecular weight excluding hydrogens is 557 g/mol. The van der Waals surface area contributed by atoms with E-state index in [0.29, 0.717) is 0 Å². The van der Waals surface area contributed by atoms with Gasteiger partial charge >= 0.3 is 0 Å². The standard InChI is InChI=1S/C36H29N2O2S2/c1-37(2)25-13-11-23-17-27-21(7-5-9-31(27)41-33(23)19-25)15-29-35(39)30(36(29)40)16-22-8-6-10-32-28(22)18-24-12-14-26(38(3)4)20-34(24)42-32/h5-20,29H,1-4H3/q+1. The molecule has 4 nitrogen and oxygen atoms in total. The number of carbonyl (C=O) groups excluding carboxylic acids is 2. The summed E-state index contributed by atoms with van der Waals surface area (Å²) >= 11 is 3.45. The SMILES string of the molecule is CN(C)c1ccc2c(c1)Sc1cccc(=CC3C(=O)C(=Cc4cccc5sc6cc(=[N+](C)C)ccc-6cc45)C3=O)c1=C2. The highest BCUT2D eigenvalue weighted by Gasteiger charge is 2.42. The summed E-state index contributed by atoms with van der Waals surface area (Å²) in [5.74, 6) is -0.981. The molecule has 0 N–H and O–H groups in total. The molecule has 1 fully saturated rings. The van der Waals surface area contributed by atoms with Gasteiger partial charge in [-0.15, -0.1) is 11.3 Å². The summed E-state index contributed by atoms with van der Waals surface area (Å²) in [5, 5.41) is 4.19. The molecule has 42 heavy (non-hydrogen) atoms. The molecular formula is C36H29N2O2S2+. The summed E-state index contributed by atoms with van der Waals surface area (Å²) in [6.45, 7) is 0. The molecule has 0 saturated heterocycles. The summed E-state index contributed by atoms with van der Waals surface area (Å²) in [6.07, 6.45) is 5.79. The van der Waals surface area contributed by atoms with Gasteiger partial charge in [0.2, 0.25) is 5.36 Å². The van der Waals surface area contributed by atoms with Crippen molar-refractivity contribution >= 4 is 68.7 Å². The first-order chi connectivity index (χ1) is 20.3. The number of hydrogen-bond donors (Lipinski definition) is 0. The summed E-state index contributed by atoms with van der Waals surface area (Å²) in [5.41, 5.74) is 4.62. The van der Waals surface area contributed by atoms with Gasteiger partial charge < -0.3 is 4.90 Å². The molecule has 0 bridgehead atoms. The highest BCUT2D eigenvalue weighted by Crippen LogP contribution is 2.37. The van der Waals surface area contributed by atoms with Crippen LogP contribution in [0.25, 0.3) is 38.8 Å². The molecule has 2 aliphatic heterocycles. The van der Waals surface area contributed by atoms with Crippen LogP contribution >= 0.6 is 23.1 Å². The lowest BCUT2D eigenvalue weighted by Crippen LogP contribution is -2.42. The van der Waals surface area contributed by atoms with Crippen LogP contribution in [0.15, 0.2) is 94.2 Å². The second-order valence-electron chi connectivity index (χ2n) is 11.2. The monoisotopic (exact) mass is 585 g/mol. The van der Waals surface area contributed by atoms with E-state index in [-0.39, 0.29) is 17.1 Å². The molecule has 2 heterocycles. The van der Waals surface area contributed by atoms with Gasteiger partial charge in [0.15, 0.2) is 11.6 Å². The van der Waals surface area contributed by atoms with E-state index < -0.39 is 5.92 Å². The van der Waals surface area contributed by atoms with Gasteiger partial charge in [0.05, 0.1) is 5.57 Å². The van der Waals surface area contributed by atoms with E-state index in [1.807, 2.05) is 58.5 Å². The molecule has 0 amide bonds. The number of nitrogens with zero attached hydrogens (tertiary/aromatic N) is 2. The number of anilines is 1. The fourth-order valence-corrected chi connectivity index (χ4v) is 7.76. The maximum Gasteiger partial charge on any atom is 0.200 e. The lowest BCUT2D eigenvalue weighted by atomic mass is 9.75. The van der Waals surface area contributed by atoms with Crippen LogP contribution < -0.4 is 25.3 Å². The van der Waals surface area contributed by atoms with Gasteiger partial charge in [-0.25, -0.2) is 4.58 Å². The number of Topliss-reactive ketones (excluding diaryl/α,β-unsaturated/α-hetero) is 2. The molecule has 0 radical (unpaired) electrons. The van der Waals surface area contributed by atoms with Crippen LogP contribution in [0.5, 0.6) is 0 Å². The third-order valence-corrected chi connectivity index (χ3v) is 10.3. The van der Waals surface area contributed by atoms with Crippen molar-refractivity contribution in [3.63, 3.8) is 0 Å². The molecule has 206 valence electrons. The second kappa shape index (κ2) is 10.2. The first kappa shape index (κ1) is 26.6. The van der Waals surface area contributed by atoms with Crippen LogP contribution in [0.1, 0.15) is 11.1 Å². The number of carbonyl (C=O) groups is 2. The predicted molar refractivity (Wildman–Crippen MR) is 176 cm³/mol. The van der Waals surface area contributed by atoms with E-state index in [4.69, 9.17) is 0 Å². The Morgan fingerprint density at radius 1 is 0.857 bits per heavy atom. The lowest BCUT2D eigenvalue weighted by Gasteiger charge is -2.23. The summed E-state index contributed by atoms with van der Waals surface area (Å²) in [7, 11) is 8.16. The van der Waals surface area contributed by atoms with Crippen molar-refractivity contribution in [2.45, 2.75) is 9.79 Å². The highest BCUT2D eigenvalue weighted by atomic mass is 32.2. The van der Waals surface area contributed by atoms with Crippen molar-refractivity contribution in [1.29, 1.82) is 0 Å². The molecule has 0 unspecified atom stereocenters. The van der Waals surface area contributed by atoms with Gasteiger partial charge in [0.25, 0.3) is 0 Å². The Hall–Kier alpha value is -4.26. The largest absolute Gasteiger partial charge is 0.378 e. The van der Waals surface area contributed by atoms with Crippen LogP contribution in [-0.4, -0.2) is 39.8 Å². The molecule has 0 aromatic heterocycles. The first-order valence-corrected chi connectivity index (χ1v) is 15.5. The number of benzene rings is 4. The smallest absolute Gasteiger partial charge is 0.200 e. The Balaban J connectivity index is 1.24. The first-order valence-electron chi connectivity index (χ1n) is 13.9. The minimum atomic E-state index is -0.748. The average molecular weight is 586 g/mol. The second-order valence-corrected chi connectivity index (χ2v) is 13.3. The van der Waals surface area contributed by atoms with Crippen molar-refractivity contribution in [2.24, 2.45) is 5.92 Å². The maximum absolute atomic E-state index is 13.4. The van der Waals surface area contributed by atoms with Gasteiger partial charge in [-0.05, 0) is 81.1 Å². The zero-order valence-corrected chi connectivity index (χ0v) is 25.5. The van der Waals surface area contributed by atoms with Crippen molar-refractivity contribution < 1.29 is 9.59 Å². The highest BCUT2D eigenvalue weighted by molar-refractivity contribution is 7.99. The molecule has 1 saturated carbocycles. The van der Waals surface area contributed by atoms with E-state index in [1.54, 1.807) is 29.2 Å². The molecule has 3 aromatic carbocycles. The van der Waals surface area contributed by atoms with E-state index >= 15 is 0 Å². The van der Waals surface area contributed by atoms with Gasteiger partial charge in [-0.1, -0.05) is 48.2 Å². The van der Waals surface area contributed by atoms with Gasteiger partial charge in [0.1, 0.15) is 20.0 Å². The number of hydrogen-bond acceptors (Lipinski definition) is 5. The third-order valence-electron chi connectivity index (χ3n) is 8.01. The maximum atomic E-state index is 13.4. The molecule has 7 rings (SSSR count). The van der Waals surface area contributed by atoms with Crippen molar-refractivity contribution in [1.82, 2.24) is 4.58 Å². The molecule has 0 spiro atoms. The Morgan fingerprint density at radius 3 is 2.45 bits per heavy atom. The van der Waals surface area contributed by atoms with Gasteiger partial charge in [0, 0.05) is 51.3 Å². The Labute approximate surface area is 252 Å². The number of allylic oxidation sites excluding steroid dienone is 1. The zero-order chi connectivity index (χ0) is 29.1. The lowest BCUT2D eigenvalue weighted by molar-refractivity contribution is -0.133. The van der Waals surface area contributed by atoms with Crippen LogP contribution in [0.4, 0.5) is 5.69 Å². The van der Waals surface area contributed by atoms with Gasteiger partial charge in [-0.3, -0.25) is 9.59 Å². The number of ketones is 2. The molecule has 2 aliphatic carbocycles. The normalized spacial score (nSPS) is 16.1. The van der Waals surface area contributed by atoms with Crippen LogP contribution in [0.3, 0.4) is 0 Å². The number of rotatable bonds is 3. The van der Waals surface area contributed by atoms with E-state index in [1.165, 1.54) is 9.77 Å². The van der Waals surface area contributed by atoms with Crippen LogP contribution in [0.2, 0.25) is 0 Å². The fourth-order valence-electron chi connectivity index (χ4n) is 5.57. The quantitative estimate of drug-likeness (QED) is 0.0961. The molecule has 6 heteroatoms. The van der Waals surface area contributed by atoms with Crippen molar-refractivity contribution in [2.75, 3.05) is 33.1 Å². The minimum absolute atomic E-state index is 0.116. The molecule has 4 aliphatic rings. The minimum Gasteiger partial charge on any atom is -0.378 e. The number of fused-ring (bicyclic) bond motifs is 4. The fraction of sp³-hybridized carbons (Fsp3) is 0.139. The Bertz CT molecular complexity index is 2150. The van der Waals surface area contributed by atoms with Crippen LogP contribution in [0, 0.1) is 5.92 Å². The summed E-state index contributed by atoms with van der Waals surface area (Å²) < 4.78 is 3.22. The topological polar surface area (TPSA) is 40.4 Å². The van der Waals surface area contributed by atoms with Crippen molar-refractivity contribution in [3.05, 3.63) is 111 Å².